The van der Waals surface area contributed by atoms with Gasteiger partial charge in [0.05, 0.1) is 10.9 Å². The maximum Gasteiger partial charge on any atom is 0.354 e. The van der Waals surface area contributed by atoms with Crippen LogP contribution in [-0.4, -0.2) is 11.9 Å². The summed E-state index contributed by atoms with van der Waals surface area (Å²) in [6, 6.07) is 24.4. The van der Waals surface area contributed by atoms with Crippen LogP contribution < -0.4 is 9.47 Å². The van der Waals surface area contributed by atoms with E-state index in [4.69, 9.17) is 32.7 Å². The molecule has 156 valence electrons. The SMILES string of the molecule is C=C(Cl)C(=O)Oc1ccc([S+](c2ccccc2)c2ccc(OC(=O)C(=C)Cl)cc2)cc1. The minimum absolute atomic E-state index is 0.188. The molecule has 0 aliphatic heterocycles. The quantitative estimate of drug-likeness (QED) is 0.181. The number of benzene rings is 3. The van der Waals surface area contributed by atoms with Crippen LogP contribution in [0.15, 0.2) is 117 Å². The Hall–Kier alpha value is -2.99. The van der Waals surface area contributed by atoms with Gasteiger partial charge in [0.1, 0.15) is 21.6 Å². The zero-order valence-corrected chi connectivity index (χ0v) is 18.5. The Labute approximate surface area is 193 Å². The number of rotatable bonds is 7. The maximum absolute atomic E-state index is 11.6. The van der Waals surface area contributed by atoms with Gasteiger partial charge in [-0.15, -0.1) is 0 Å². The first-order valence-corrected chi connectivity index (χ1v) is 11.0. The zero-order valence-electron chi connectivity index (χ0n) is 16.2. The normalized spacial score (nSPS) is 10.4. The van der Waals surface area contributed by atoms with Crippen molar-refractivity contribution in [3.63, 3.8) is 0 Å². The summed E-state index contributed by atoms with van der Waals surface area (Å²) in [6.45, 7) is 6.72. The van der Waals surface area contributed by atoms with Crippen molar-refractivity contribution in [2.75, 3.05) is 0 Å². The fraction of sp³-hybridized carbons (Fsp3) is 0. The number of ether oxygens (including phenoxy) is 2. The standard InChI is InChI=1S/C24H17Cl2O4S/c1-16(25)23(27)29-18-8-12-21(13-9-18)31(20-6-4-3-5-7-20)22-14-10-19(11-15-22)30-24(28)17(2)26/h3-15H,1-2H2/q+1. The molecule has 0 spiro atoms. The molecule has 0 aromatic heterocycles. The Morgan fingerprint density at radius 2 is 0.968 bits per heavy atom. The molecule has 0 N–H and O–H groups in total. The van der Waals surface area contributed by atoms with Gasteiger partial charge in [0.15, 0.2) is 14.7 Å². The molecule has 3 aromatic carbocycles. The molecule has 0 heterocycles. The van der Waals surface area contributed by atoms with Crippen LogP contribution in [0.3, 0.4) is 0 Å². The predicted molar refractivity (Wildman–Crippen MR) is 123 cm³/mol. The summed E-state index contributed by atoms with van der Waals surface area (Å²) in [5.74, 6) is -0.645. The highest BCUT2D eigenvalue weighted by atomic mass is 35.5. The maximum atomic E-state index is 11.6. The van der Waals surface area contributed by atoms with Gasteiger partial charge in [-0.3, -0.25) is 0 Å². The summed E-state index contributed by atoms with van der Waals surface area (Å²) >= 11 is 11.1. The molecule has 3 aromatic rings. The highest BCUT2D eigenvalue weighted by Crippen LogP contribution is 2.33. The summed E-state index contributed by atoms with van der Waals surface area (Å²) in [5, 5.41) is -0.377. The average molecular weight is 472 g/mol. The van der Waals surface area contributed by atoms with E-state index in [0.29, 0.717) is 11.5 Å². The molecule has 0 unspecified atom stereocenters. The third-order valence-electron chi connectivity index (χ3n) is 3.96. The van der Waals surface area contributed by atoms with Gasteiger partial charge in [-0.05, 0) is 60.7 Å². The van der Waals surface area contributed by atoms with Gasteiger partial charge in [0, 0.05) is 0 Å². The fourth-order valence-corrected chi connectivity index (χ4v) is 4.72. The van der Waals surface area contributed by atoms with E-state index in [1.54, 1.807) is 24.3 Å². The van der Waals surface area contributed by atoms with Crippen LogP contribution in [0.25, 0.3) is 0 Å². The summed E-state index contributed by atoms with van der Waals surface area (Å²) in [6.07, 6.45) is 0. The van der Waals surface area contributed by atoms with Crippen LogP contribution in [0.2, 0.25) is 0 Å². The molecule has 4 nitrogen and oxygen atoms in total. The predicted octanol–water partition coefficient (Wildman–Crippen LogP) is 6.10. The van der Waals surface area contributed by atoms with Crippen molar-refractivity contribution in [2.24, 2.45) is 0 Å². The second-order valence-corrected chi connectivity index (χ2v) is 9.09. The highest BCUT2D eigenvalue weighted by Gasteiger charge is 2.28. The molecular formula is C24H17Cl2O4S+. The second kappa shape index (κ2) is 10.4. The van der Waals surface area contributed by atoms with Crippen LogP contribution in [0.1, 0.15) is 0 Å². The van der Waals surface area contributed by atoms with Gasteiger partial charge in [-0.25, -0.2) is 9.59 Å². The summed E-state index contributed by atoms with van der Waals surface area (Å²) < 4.78 is 10.3. The molecule has 0 radical (unpaired) electrons. The second-order valence-electron chi connectivity index (χ2n) is 6.15. The van der Waals surface area contributed by atoms with Crippen molar-refractivity contribution in [1.29, 1.82) is 0 Å². The minimum Gasteiger partial charge on any atom is -0.422 e. The van der Waals surface area contributed by atoms with E-state index in [1.165, 1.54) is 0 Å². The highest BCUT2D eigenvalue weighted by molar-refractivity contribution is 7.97. The van der Waals surface area contributed by atoms with Gasteiger partial charge in [0.25, 0.3) is 0 Å². The van der Waals surface area contributed by atoms with Crippen LogP contribution in [0.5, 0.6) is 11.5 Å². The lowest BCUT2D eigenvalue weighted by molar-refractivity contribution is -0.130. The third kappa shape index (κ3) is 6.01. The lowest BCUT2D eigenvalue weighted by Gasteiger charge is -2.10. The Bertz CT molecular complexity index is 1040. The smallest absolute Gasteiger partial charge is 0.354 e. The number of hydrogen-bond donors (Lipinski definition) is 0. The van der Waals surface area contributed by atoms with Crippen LogP contribution in [0.4, 0.5) is 0 Å². The monoisotopic (exact) mass is 471 g/mol. The van der Waals surface area contributed by atoms with E-state index in [2.05, 4.69) is 13.2 Å². The van der Waals surface area contributed by atoms with Crippen LogP contribution >= 0.6 is 23.2 Å². The Balaban J connectivity index is 1.91. The van der Waals surface area contributed by atoms with Gasteiger partial charge >= 0.3 is 11.9 Å². The van der Waals surface area contributed by atoms with Crippen molar-refractivity contribution in [2.45, 2.75) is 14.7 Å². The molecule has 0 atom stereocenters. The average Bonchev–Trinajstić information content (AvgIpc) is 2.77. The Morgan fingerprint density at radius 3 is 1.32 bits per heavy atom. The van der Waals surface area contributed by atoms with Crippen molar-refractivity contribution < 1.29 is 19.1 Å². The van der Waals surface area contributed by atoms with E-state index in [1.807, 2.05) is 54.6 Å². The number of esters is 2. The van der Waals surface area contributed by atoms with E-state index in [0.717, 1.165) is 14.7 Å². The first-order chi connectivity index (χ1) is 14.8. The lowest BCUT2D eigenvalue weighted by atomic mass is 10.3. The number of halogens is 2. The molecule has 0 saturated carbocycles. The van der Waals surface area contributed by atoms with E-state index < -0.39 is 22.8 Å². The summed E-state index contributed by atoms with van der Waals surface area (Å²) in [4.78, 5) is 26.4. The topological polar surface area (TPSA) is 52.6 Å². The molecule has 0 aliphatic carbocycles. The molecule has 7 heteroatoms. The fourth-order valence-electron chi connectivity index (χ4n) is 2.58. The third-order valence-corrected chi connectivity index (χ3v) is 6.50. The van der Waals surface area contributed by atoms with Gasteiger partial charge in [-0.1, -0.05) is 54.6 Å². The van der Waals surface area contributed by atoms with Crippen molar-refractivity contribution in [1.82, 2.24) is 0 Å². The summed E-state index contributed by atoms with van der Waals surface area (Å²) in [7, 11) is -0.442. The van der Waals surface area contributed by atoms with E-state index >= 15 is 0 Å². The molecule has 0 amide bonds. The van der Waals surface area contributed by atoms with Gasteiger partial charge in [0.2, 0.25) is 0 Å². The van der Waals surface area contributed by atoms with Crippen molar-refractivity contribution in [3.8, 4) is 11.5 Å². The Morgan fingerprint density at radius 1 is 0.613 bits per heavy atom. The van der Waals surface area contributed by atoms with Gasteiger partial charge < -0.3 is 9.47 Å². The summed E-state index contributed by atoms with van der Waals surface area (Å²) in [5.41, 5.74) is 0. The number of hydrogen-bond acceptors (Lipinski definition) is 4. The molecule has 0 saturated heterocycles. The van der Waals surface area contributed by atoms with E-state index in [9.17, 15) is 9.59 Å². The molecule has 0 fully saturated rings. The molecular weight excluding hydrogens is 455 g/mol. The molecule has 3 rings (SSSR count). The number of carbonyl (C=O) groups excluding carboxylic acids is 2. The van der Waals surface area contributed by atoms with Gasteiger partial charge in [-0.2, -0.15) is 0 Å². The van der Waals surface area contributed by atoms with Crippen LogP contribution in [-0.2, 0) is 20.5 Å². The first-order valence-electron chi connectivity index (χ1n) is 8.98. The minimum atomic E-state index is -0.693. The van der Waals surface area contributed by atoms with E-state index in [-0.39, 0.29) is 10.1 Å². The largest absolute Gasteiger partial charge is 0.422 e. The number of carbonyl (C=O) groups is 2. The lowest BCUT2D eigenvalue weighted by Crippen LogP contribution is -2.09. The zero-order chi connectivity index (χ0) is 22.4. The van der Waals surface area contributed by atoms with Crippen molar-refractivity contribution in [3.05, 3.63) is 102 Å². The molecule has 0 aliphatic rings. The molecule has 0 bridgehead atoms. The van der Waals surface area contributed by atoms with Crippen LogP contribution in [0, 0.1) is 0 Å². The van der Waals surface area contributed by atoms with Crippen molar-refractivity contribution >= 4 is 46.0 Å². The Kier molecular flexibility index (Phi) is 7.58. The molecule has 31 heavy (non-hydrogen) atoms. The first kappa shape index (κ1) is 22.7.